The molecule has 0 N–H and O–H groups in total. The molecular weight excluding hydrogens is 523 g/mol. The minimum atomic E-state index is -0.769. The highest BCUT2D eigenvalue weighted by molar-refractivity contribution is 5.88. The fourth-order valence-electron chi connectivity index (χ4n) is 5.38. The number of esters is 1. The van der Waals surface area contributed by atoms with Gasteiger partial charge in [0, 0.05) is 38.9 Å². The number of ether oxygens (including phenoxy) is 3. The topological polar surface area (TPSA) is 51.2 Å². The van der Waals surface area contributed by atoms with Crippen LogP contribution in [0.1, 0.15) is 62.8 Å². The van der Waals surface area contributed by atoms with Gasteiger partial charge in [-0.2, -0.15) is 0 Å². The molecule has 1 saturated heterocycles. The van der Waals surface area contributed by atoms with Gasteiger partial charge in [0.1, 0.15) is 11.2 Å². The van der Waals surface area contributed by atoms with Crippen molar-refractivity contribution in [3.63, 3.8) is 0 Å². The summed E-state index contributed by atoms with van der Waals surface area (Å²) in [5, 5.41) is 0. The van der Waals surface area contributed by atoms with Crippen molar-refractivity contribution in [1.29, 1.82) is 0 Å². The molecule has 2 fully saturated rings. The highest BCUT2D eigenvalue weighted by Gasteiger charge is 2.64. The number of carbonyl (C=O) groups excluding carboxylic acids is 1. The van der Waals surface area contributed by atoms with E-state index in [9.17, 15) is 4.79 Å². The molecule has 0 spiro atoms. The van der Waals surface area contributed by atoms with Gasteiger partial charge >= 0.3 is 5.97 Å². The number of hydrogen-bond acceptors (Lipinski definition) is 6. The summed E-state index contributed by atoms with van der Waals surface area (Å²) in [4.78, 5) is 18.7. The van der Waals surface area contributed by atoms with Crippen molar-refractivity contribution in [3.8, 4) is 5.75 Å². The Morgan fingerprint density at radius 3 is 2.16 bits per heavy atom. The van der Waals surface area contributed by atoms with Crippen LogP contribution in [0, 0.1) is 0 Å². The van der Waals surface area contributed by atoms with Gasteiger partial charge in [-0.05, 0) is 37.1 Å². The summed E-state index contributed by atoms with van der Waals surface area (Å²) in [5.41, 5.74) is 1.16. The van der Waals surface area contributed by atoms with Crippen molar-refractivity contribution in [2.24, 2.45) is 0 Å². The molecule has 3 atom stereocenters. The summed E-state index contributed by atoms with van der Waals surface area (Å²) < 4.78 is 17.3. The molecular formula is C30H44Cl2N2O4. The Kier molecular flexibility index (Phi) is 13.4. The SMILES string of the molecule is CCCCCCCN1CCN(C(OC(=O)[C@@]2(c3ccc(OC)cc3)C[C@H]2OC)c2ccccc2)CC1.Cl.Cl. The molecule has 0 bridgehead atoms. The largest absolute Gasteiger partial charge is 0.497 e. The van der Waals surface area contributed by atoms with Crippen molar-refractivity contribution in [2.75, 3.05) is 46.9 Å². The molecule has 1 heterocycles. The second kappa shape index (κ2) is 15.7. The fourth-order valence-corrected chi connectivity index (χ4v) is 5.38. The number of rotatable bonds is 13. The van der Waals surface area contributed by atoms with Crippen LogP contribution in [0.5, 0.6) is 5.75 Å². The van der Waals surface area contributed by atoms with Crippen molar-refractivity contribution in [1.82, 2.24) is 9.80 Å². The predicted molar refractivity (Wildman–Crippen MR) is 157 cm³/mol. The first-order valence-electron chi connectivity index (χ1n) is 13.5. The summed E-state index contributed by atoms with van der Waals surface area (Å²) in [7, 11) is 3.31. The number of carbonyl (C=O) groups is 1. The average Bonchev–Trinajstić information content (AvgIpc) is 3.68. The van der Waals surface area contributed by atoms with Crippen LogP contribution >= 0.6 is 24.8 Å². The van der Waals surface area contributed by atoms with Crippen molar-refractivity contribution < 1.29 is 19.0 Å². The minimum Gasteiger partial charge on any atom is -0.497 e. The monoisotopic (exact) mass is 566 g/mol. The number of benzene rings is 2. The van der Waals surface area contributed by atoms with Gasteiger partial charge in [0.25, 0.3) is 0 Å². The van der Waals surface area contributed by atoms with E-state index in [-0.39, 0.29) is 36.9 Å². The quantitative estimate of drug-likeness (QED) is 0.218. The number of halogens is 2. The Morgan fingerprint density at radius 2 is 1.58 bits per heavy atom. The van der Waals surface area contributed by atoms with E-state index < -0.39 is 11.6 Å². The maximum absolute atomic E-state index is 13.8. The molecule has 0 amide bonds. The lowest BCUT2D eigenvalue weighted by atomic mass is 9.95. The molecule has 1 unspecified atom stereocenters. The lowest BCUT2D eigenvalue weighted by Crippen LogP contribution is -2.49. The Morgan fingerprint density at radius 1 is 0.921 bits per heavy atom. The lowest BCUT2D eigenvalue weighted by molar-refractivity contribution is -0.166. The number of hydrogen-bond donors (Lipinski definition) is 0. The van der Waals surface area contributed by atoms with Gasteiger partial charge in [0.15, 0.2) is 6.23 Å². The fraction of sp³-hybridized carbons (Fsp3) is 0.567. The molecule has 2 aromatic rings. The first kappa shape index (κ1) is 32.4. The van der Waals surface area contributed by atoms with Gasteiger partial charge in [-0.3, -0.25) is 9.69 Å². The van der Waals surface area contributed by atoms with E-state index in [0.717, 1.165) is 49.6 Å². The van der Waals surface area contributed by atoms with E-state index in [1.807, 2.05) is 42.5 Å². The van der Waals surface area contributed by atoms with Crippen molar-refractivity contribution in [3.05, 3.63) is 65.7 Å². The molecule has 0 radical (unpaired) electrons. The van der Waals surface area contributed by atoms with Crippen LogP contribution < -0.4 is 4.74 Å². The van der Waals surface area contributed by atoms with Gasteiger partial charge in [-0.15, -0.1) is 24.8 Å². The van der Waals surface area contributed by atoms with E-state index in [2.05, 4.69) is 28.9 Å². The molecule has 2 aliphatic rings. The Labute approximate surface area is 240 Å². The molecule has 2 aromatic carbocycles. The van der Waals surface area contributed by atoms with Crippen LogP contribution in [0.25, 0.3) is 0 Å². The van der Waals surface area contributed by atoms with Crippen molar-refractivity contribution >= 4 is 30.8 Å². The van der Waals surface area contributed by atoms with E-state index in [1.54, 1.807) is 14.2 Å². The van der Waals surface area contributed by atoms with E-state index >= 15 is 0 Å². The summed E-state index contributed by atoms with van der Waals surface area (Å²) >= 11 is 0. The van der Waals surface area contributed by atoms with E-state index in [4.69, 9.17) is 14.2 Å². The second-order valence-corrected chi connectivity index (χ2v) is 10.1. The Balaban J connectivity index is 0.00000253. The number of nitrogens with zero attached hydrogens (tertiary/aromatic N) is 2. The Bertz CT molecular complexity index is 954. The van der Waals surface area contributed by atoms with Crippen LogP contribution in [-0.4, -0.2) is 68.8 Å². The molecule has 1 saturated carbocycles. The van der Waals surface area contributed by atoms with Crippen molar-refractivity contribution in [2.45, 2.75) is 63.2 Å². The van der Waals surface area contributed by atoms with Gasteiger partial charge in [0.2, 0.25) is 0 Å². The molecule has 1 aliphatic carbocycles. The summed E-state index contributed by atoms with van der Waals surface area (Å²) in [6, 6.07) is 17.8. The van der Waals surface area contributed by atoms with E-state index in [1.165, 1.54) is 32.1 Å². The molecule has 0 aromatic heterocycles. The average molecular weight is 568 g/mol. The van der Waals surface area contributed by atoms with Gasteiger partial charge in [-0.1, -0.05) is 75.1 Å². The molecule has 38 heavy (non-hydrogen) atoms. The van der Waals surface area contributed by atoms with Crippen LogP contribution in [0.4, 0.5) is 0 Å². The zero-order valence-electron chi connectivity index (χ0n) is 23.0. The zero-order chi connectivity index (χ0) is 25.4. The third-order valence-corrected chi connectivity index (χ3v) is 7.77. The number of piperazine rings is 1. The molecule has 6 nitrogen and oxygen atoms in total. The molecule has 1 aliphatic heterocycles. The van der Waals surface area contributed by atoms with Gasteiger partial charge < -0.3 is 19.1 Å². The lowest BCUT2D eigenvalue weighted by Gasteiger charge is -2.39. The summed E-state index contributed by atoms with van der Waals surface area (Å²) in [5.74, 6) is 0.550. The van der Waals surface area contributed by atoms with Crippen LogP contribution in [0.15, 0.2) is 54.6 Å². The number of unbranched alkanes of at least 4 members (excludes halogenated alkanes) is 4. The predicted octanol–water partition coefficient (Wildman–Crippen LogP) is 6.03. The molecule has 4 rings (SSSR count). The van der Waals surface area contributed by atoms with Crippen LogP contribution in [0.2, 0.25) is 0 Å². The second-order valence-electron chi connectivity index (χ2n) is 10.1. The van der Waals surface area contributed by atoms with Crippen LogP contribution in [-0.2, 0) is 19.7 Å². The molecule has 212 valence electrons. The third-order valence-electron chi connectivity index (χ3n) is 7.77. The smallest absolute Gasteiger partial charge is 0.321 e. The molecule has 8 heteroatoms. The first-order valence-corrected chi connectivity index (χ1v) is 13.5. The third kappa shape index (κ3) is 7.64. The first-order chi connectivity index (χ1) is 17.6. The van der Waals surface area contributed by atoms with Gasteiger partial charge in [-0.25, -0.2) is 0 Å². The Hall–Kier alpha value is -1.83. The highest BCUT2D eigenvalue weighted by Crippen LogP contribution is 2.52. The van der Waals surface area contributed by atoms with Gasteiger partial charge in [0.05, 0.1) is 13.2 Å². The van der Waals surface area contributed by atoms with Crippen LogP contribution in [0.3, 0.4) is 0 Å². The standard InChI is InChI=1S/C30H42N2O4.2ClH/c1-4-5-6-7-11-18-31-19-21-32(22-20-31)28(24-12-9-8-10-13-24)36-29(33)30(23-27(30)35-3)25-14-16-26(34-2)17-15-25;;/h8-10,12-17,27-28H,4-7,11,18-23H2,1-3H3;2*1H/t27-,28?,30-;;/m1../s1. The number of methoxy groups -OCH3 is 2. The minimum absolute atomic E-state index is 0. The van der Waals surface area contributed by atoms with E-state index in [0.29, 0.717) is 6.42 Å². The highest BCUT2D eigenvalue weighted by atomic mass is 35.5. The normalized spacial score (nSPS) is 22.0. The maximum Gasteiger partial charge on any atom is 0.321 e. The summed E-state index contributed by atoms with van der Waals surface area (Å²) in [6.07, 6.45) is 6.57. The summed E-state index contributed by atoms with van der Waals surface area (Å²) in [6.45, 7) is 7.17. The zero-order valence-corrected chi connectivity index (χ0v) is 24.6. The maximum atomic E-state index is 13.8.